The van der Waals surface area contributed by atoms with Crippen LogP contribution in [0.3, 0.4) is 0 Å². The van der Waals surface area contributed by atoms with E-state index in [9.17, 15) is 9.59 Å². The molecule has 11 heteroatoms. The fourth-order valence-electron chi connectivity index (χ4n) is 5.24. The number of anilines is 2. The molecule has 1 unspecified atom stereocenters. The van der Waals surface area contributed by atoms with Crippen LogP contribution in [0.2, 0.25) is 0 Å². The van der Waals surface area contributed by atoms with E-state index in [1.165, 1.54) is 0 Å². The first-order valence-corrected chi connectivity index (χ1v) is 13.4. The quantitative estimate of drug-likeness (QED) is 0.333. The Kier molecular flexibility index (Phi) is 6.84. The summed E-state index contributed by atoms with van der Waals surface area (Å²) in [5.41, 5.74) is 4.67. The van der Waals surface area contributed by atoms with Crippen LogP contribution < -0.4 is 10.6 Å². The zero-order valence-corrected chi connectivity index (χ0v) is 22.1. The molecule has 2 aliphatic heterocycles. The van der Waals surface area contributed by atoms with Gasteiger partial charge >= 0.3 is 0 Å². The number of nitrogens with zero attached hydrogens (tertiary/aromatic N) is 5. The summed E-state index contributed by atoms with van der Waals surface area (Å²) < 4.78 is 7.41. The minimum Gasteiger partial charge on any atom is -0.379 e. The standard InChI is InChI=1S/C28H32N8O3/c1-17-4-3-6-35(17)15-26(37)32-22-10-24(18(2)29-13-22)34-28(38)20-8-19-9-25(33-27(19)30-11-20)21-12-31-36(14-21)23-5-7-39-16-23/h8-14,17,23H,3-7,15-16H2,1-2H3,(H,30,33)(H,32,37)(H,34,38)/t17-,23?/m0/s1. The molecule has 202 valence electrons. The molecule has 4 aromatic rings. The highest BCUT2D eigenvalue weighted by Crippen LogP contribution is 2.27. The molecule has 2 fully saturated rings. The minimum absolute atomic E-state index is 0.0910. The van der Waals surface area contributed by atoms with E-state index in [2.05, 4.69) is 42.5 Å². The van der Waals surface area contributed by atoms with E-state index in [1.807, 2.05) is 30.1 Å². The number of aromatic amines is 1. The first kappa shape index (κ1) is 25.2. The molecule has 4 aromatic heterocycles. The van der Waals surface area contributed by atoms with Crippen molar-refractivity contribution in [3.63, 3.8) is 0 Å². The summed E-state index contributed by atoms with van der Waals surface area (Å²) in [4.78, 5) is 40.0. The Morgan fingerprint density at radius 1 is 1.13 bits per heavy atom. The fourth-order valence-corrected chi connectivity index (χ4v) is 5.24. The van der Waals surface area contributed by atoms with E-state index in [0.717, 1.165) is 49.1 Å². The zero-order chi connectivity index (χ0) is 26.9. The molecule has 6 heterocycles. The van der Waals surface area contributed by atoms with Crippen molar-refractivity contribution >= 4 is 34.2 Å². The third kappa shape index (κ3) is 5.41. The van der Waals surface area contributed by atoms with Crippen molar-refractivity contribution in [1.82, 2.24) is 29.6 Å². The van der Waals surface area contributed by atoms with Crippen LogP contribution in [0.1, 0.15) is 48.3 Å². The molecule has 0 spiro atoms. The number of aromatic nitrogens is 5. The Hall–Kier alpha value is -4.09. The predicted octanol–water partition coefficient (Wildman–Crippen LogP) is 3.77. The van der Waals surface area contributed by atoms with Crippen molar-refractivity contribution in [1.29, 1.82) is 0 Å². The molecular formula is C28H32N8O3. The third-order valence-electron chi connectivity index (χ3n) is 7.58. The molecule has 2 saturated heterocycles. The minimum atomic E-state index is -0.305. The van der Waals surface area contributed by atoms with E-state index >= 15 is 0 Å². The van der Waals surface area contributed by atoms with E-state index in [-0.39, 0.29) is 17.9 Å². The van der Waals surface area contributed by atoms with Crippen LogP contribution in [0.25, 0.3) is 22.3 Å². The molecule has 0 radical (unpaired) electrons. The van der Waals surface area contributed by atoms with Crippen LogP contribution in [0.15, 0.2) is 43.0 Å². The number of nitrogens with one attached hydrogen (secondary N) is 3. The van der Waals surface area contributed by atoms with Crippen molar-refractivity contribution in [3.05, 3.63) is 54.2 Å². The van der Waals surface area contributed by atoms with E-state index in [0.29, 0.717) is 47.5 Å². The maximum Gasteiger partial charge on any atom is 0.257 e. The third-order valence-corrected chi connectivity index (χ3v) is 7.58. The molecular weight excluding hydrogens is 496 g/mol. The molecule has 0 aromatic carbocycles. The van der Waals surface area contributed by atoms with Gasteiger partial charge in [-0.2, -0.15) is 5.10 Å². The Bertz CT molecular complexity index is 1520. The van der Waals surface area contributed by atoms with Gasteiger partial charge in [-0.1, -0.05) is 0 Å². The number of rotatable bonds is 7. The Morgan fingerprint density at radius 2 is 2.03 bits per heavy atom. The Morgan fingerprint density at radius 3 is 2.82 bits per heavy atom. The van der Waals surface area contributed by atoms with E-state index in [4.69, 9.17) is 4.74 Å². The summed E-state index contributed by atoms with van der Waals surface area (Å²) in [6.45, 7) is 6.66. The van der Waals surface area contributed by atoms with Crippen molar-refractivity contribution in [2.45, 2.75) is 45.2 Å². The number of carbonyl (C=O) groups excluding carboxylic acids is 2. The molecule has 0 aliphatic carbocycles. The maximum atomic E-state index is 13.1. The van der Waals surface area contributed by atoms with Gasteiger partial charge in [-0.05, 0) is 57.9 Å². The number of aryl methyl sites for hydroxylation is 1. The molecule has 2 atom stereocenters. The van der Waals surface area contributed by atoms with Crippen LogP contribution in [0, 0.1) is 6.92 Å². The number of fused-ring (bicyclic) bond motifs is 1. The van der Waals surface area contributed by atoms with Crippen LogP contribution in [0.5, 0.6) is 0 Å². The summed E-state index contributed by atoms with van der Waals surface area (Å²) in [5.74, 6) is -0.396. The maximum absolute atomic E-state index is 13.1. The van der Waals surface area contributed by atoms with Crippen molar-refractivity contribution in [2.75, 3.05) is 36.9 Å². The summed E-state index contributed by atoms with van der Waals surface area (Å²) in [6, 6.07) is 6.18. The highest BCUT2D eigenvalue weighted by molar-refractivity contribution is 6.06. The summed E-state index contributed by atoms with van der Waals surface area (Å²) in [6.07, 6.45) is 10.2. The highest BCUT2D eigenvalue weighted by Gasteiger charge is 2.23. The number of ether oxygens (including phenoxy) is 1. The lowest BCUT2D eigenvalue weighted by molar-refractivity contribution is -0.117. The van der Waals surface area contributed by atoms with Gasteiger partial charge in [0.2, 0.25) is 5.91 Å². The number of likely N-dealkylation sites (tertiary alicyclic amines) is 1. The van der Waals surface area contributed by atoms with Gasteiger partial charge in [0.15, 0.2) is 0 Å². The average Bonchev–Trinajstić information content (AvgIpc) is 3.73. The van der Waals surface area contributed by atoms with Gasteiger partial charge in [0, 0.05) is 36.0 Å². The number of pyridine rings is 2. The van der Waals surface area contributed by atoms with Crippen molar-refractivity contribution < 1.29 is 14.3 Å². The van der Waals surface area contributed by atoms with Crippen LogP contribution in [-0.4, -0.2) is 73.8 Å². The summed E-state index contributed by atoms with van der Waals surface area (Å²) >= 11 is 0. The molecule has 6 rings (SSSR count). The van der Waals surface area contributed by atoms with Crippen LogP contribution in [-0.2, 0) is 9.53 Å². The van der Waals surface area contributed by atoms with Crippen LogP contribution >= 0.6 is 0 Å². The predicted molar refractivity (Wildman–Crippen MR) is 148 cm³/mol. The number of amides is 2. The lowest BCUT2D eigenvalue weighted by Gasteiger charge is -2.20. The van der Waals surface area contributed by atoms with Crippen molar-refractivity contribution in [3.8, 4) is 11.3 Å². The SMILES string of the molecule is Cc1ncc(NC(=O)CN2CCC[C@@H]2C)cc1NC(=O)c1cnc2[nH]c(-c3cnn(C4CCOC4)c3)cc2c1. The molecule has 11 nitrogen and oxygen atoms in total. The van der Waals surface area contributed by atoms with Gasteiger partial charge in [-0.3, -0.25) is 24.2 Å². The smallest absolute Gasteiger partial charge is 0.257 e. The Balaban J connectivity index is 1.14. The van der Waals surface area contributed by atoms with Gasteiger partial charge in [0.05, 0.1) is 59.9 Å². The lowest BCUT2D eigenvalue weighted by Crippen LogP contribution is -2.35. The monoisotopic (exact) mass is 528 g/mol. The lowest BCUT2D eigenvalue weighted by atomic mass is 10.2. The second-order valence-corrected chi connectivity index (χ2v) is 10.4. The number of hydrogen-bond donors (Lipinski definition) is 3. The topological polar surface area (TPSA) is 130 Å². The molecule has 2 aliphatic rings. The van der Waals surface area contributed by atoms with Gasteiger partial charge in [0.1, 0.15) is 5.65 Å². The molecule has 39 heavy (non-hydrogen) atoms. The molecule has 0 saturated carbocycles. The van der Waals surface area contributed by atoms with E-state index in [1.54, 1.807) is 24.5 Å². The second-order valence-electron chi connectivity index (χ2n) is 10.4. The highest BCUT2D eigenvalue weighted by atomic mass is 16.5. The molecule has 3 N–H and O–H groups in total. The summed E-state index contributed by atoms with van der Waals surface area (Å²) in [7, 11) is 0. The second kappa shape index (κ2) is 10.6. The number of H-pyrrole nitrogens is 1. The largest absolute Gasteiger partial charge is 0.379 e. The number of hydrogen-bond acceptors (Lipinski definition) is 7. The first-order chi connectivity index (χ1) is 18.9. The zero-order valence-electron chi connectivity index (χ0n) is 22.1. The van der Waals surface area contributed by atoms with Gasteiger partial charge < -0.3 is 20.4 Å². The Labute approximate surface area is 226 Å². The summed E-state index contributed by atoms with van der Waals surface area (Å²) in [5, 5.41) is 11.1. The van der Waals surface area contributed by atoms with Gasteiger partial charge in [-0.15, -0.1) is 0 Å². The molecule has 2 amide bonds. The average molecular weight is 529 g/mol. The van der Waals surface area contributed by atoms with E-state index < -0.39 is 0 Å². The van der Waals surface area contributed by atoms with Crippen molar-refractivity contribution in [2.24, 2.45) is 0 Å². The fraction of sp³-hybridized carbons (Fsp3) is 0.393. The van der Waals surface area contributed by atoms with Crippen LogP contribution in [0.4, 0.5) is 11.4 Å². The molecule has 0 bridgehead atoms. The number of carbonyl (C=O) groups is 2. The van der Waals surface area contributed by atoms with Gasteiger partial charge in [0.25, 0.3) is 5.91 Å². The van der Waals surface area contributed by atoms with Gasteiger partial charge in [-0.25, -0.2) is 4.98 Å². The normalized spacial score (nSPS) is 19.5. The first-order valence-electron chi connectivity index (χ1n) is 13.4.